The molecule has 1 aromatic heterocycles. The van der Waals surface area contributed by atoms with Gasteiger partial charge >= 0.3 is 0 Å². The summed E-state index contributed by atoms with van der Waals surface area (Å²) in [5.41, 5.74) is 1.99. The Bertz CT molecular complexity index is 1070. The third-order valence-corrected chi connectivity index (χ3v) is 6.37. The number of anilines is 2. The molecular formula is C22H24ClN5O3S. The van der Waals surface area contributed by atoms with E-state index in [1.165, 1.54) is 11.3 Å². The number of nitrogens with zero attached hydrogens (tertiary/aromatic N) is 4. The lowest BCUT2D eigenvalue weighted by atomic mass is 10.2. The topological polar surface area (TPSA) is 79.8 Å². The fraction of sp³-hybridized carbons (Fsp3) is 0.318. The Morgan fingerprint density at radius 3 is 2.44 bits per heavy atom. The van der Waals surface area contributed by atoms with Crippen LogP contribution in [-0.4, -0.2) is 67.9 Å². The monoisotopic (exact) mass is 473 g/mol. The number of hydrogen-bond acceptors (Lipinski definition) is 8. The highest BCUT2D eigenvalue weighted by molar-refractivity contribution is 7.18. The highest BCUT2D eigenvalue weighted by atomic mass is 35.5. The average Bonchev–Trinajstić information content (AvgIpc) is 3.28. The summed E-state index contributed by atoms with van der Waals surface area (Å²) in [6, 6.07) is 13.4. The number of carbonyl (C=O) groups is 1. The number of piperazine rings is 1. The van der Waals surface area contributed by atoms with Crippen LogP contribution in [0, 0.1) is 0 Å². The van der Waals surface area contributed by atoms with Crippen LogP contribution in [0.15, 0.2) is 42.5 Å². The number of carbonyl (C=O) groups excluding carboxylic acids is 1. The molecule has 0 spiro atoms. The minimum absolute atomic E-state index is 0.0973. The molecule has 1 fully saturated rings. The third kappa shape index (κ3) is 5.29. The van der Waals surface area contributed by atoms with Gasteiger partial charge < -0.3 is 14.4 Å². The first kappa shape index (κ1) is 22.3. The molecular weight excluding hydrogens is 450 g/mol. The predicted molar refractivity (Wildman–Crippen MR) is 127 cm³/mol. The van der Waals surface area contributed by atoms with Gasteiger partial charge in [-0.1, -0.05) is 22.9 Å². The second-order valence-electron chi connectivity index (χ2n) is 7.27. The maximum Gasteiger partial charge on any atom is 0.240 e. The number of halogens is 1. The summed E-state index contributed by atoms with van der Waals surface area (Å²) in [6.07, 6.45) is 0. The molecule has 168 valence electrons. The molecule has 32 heavy (non-hydrogen) atoms. The van der Waals surface area contributed by atoms with Crippen molar-refractivity contribution < 1.29 is 14.3 Å². The van der Waals surface area contributed by atoms with Crippen molar-refractivity contribution in [3.63, 3.8) is 0 Å². The maximum absolute atomic E-state index is 12.5. The molecule has 2 aromatic carbocycles. The third-order valence-electron chi connectivity index (χ3n) is 5.23. The Morgan fingerprint density at radius 1 is 1.03 bits per heavy atom. The number of benzene rings is 2. The molecule has 0 atom stereocenters. The van der Waals surface area contributed by atoms with Crippen molar-refractivity contribution in [3.05, 3.63) is 47.5 Å². The van der Waals surface area contributed by atoms with Crippen LogP contribution in [0.5, 0.6) is 11.5 Å². The van der Waals surface area contributed by atoms with Crippen molar-refractivity contribution in [2.75, 3.05) is 57.2 Å². The quantitative estimate of drug-likeness (QED) is 0.561. The number of nitrogens with one attached hydrogen (secondary N) is 1. The summed E-state index contributed by atoms with van der Waals surface area (Å²) in [6.45, 7) is 3.65. The lowest BCUT2D eigenvalue weighted by molar-refractivity contribution is -0.117. The van der Waals surface area contributed by atoms with Gasteiger partial charge in [0, 0.05) is 42.5 Å². The molecule has 0 saturated carbocycles. The van der Waals surface area contributed by atoms with Crippen molar-refractivity contribution in [2.24, 2.45) is 0 Å². The number of hydrogen-bond donors (Lipinski definition) is 1. The molecule has 0 radical (unpaired) electrons. The number of aromatic nitrogens is 2. The summed E-state index contributed by atoms with van der Waals surface area (Å²) in [5.74, 6) is 1.16. The molecule has 1 amide bonds. The zero-order valence-corrected chi connectivity index (χ0v) is 19.4. The minimum Gasteiger partial charge on any atom is -0.493 e. The second-order valence-corrected chi connectivity index (χ2v) is 8.68. The van der Waals surface area contributed by atoms with E-state index in [-0.39, 0.29) is 5.91 Å². The summed E-state index contributed by atoms with van der Waals surface area (Å²) in [7, 11) is 3.18. The molecule has 1 saturated heterocycles. The first-order chi connectivity index (χ1) is 15.6. The maximum atomic E-state index is 12.5. The molecule has 1 N–H and O–H groups in total. The van der Waals surface area contributed by atoms with Crippen molar-refractivity contribution in [1.29, 1.82) is 0 Å². The Labute approximate surface area is 195 Å². The zero-order chi connectivity index (χ0) is 22.5. The SMILES string of the molecule is COc1ccc(-c2nnc(NC(=O)CN3CCN(c4ccc(Cl)cc4)CC3)s2)cc1OC. The van der Waals surface area contributed by atoms with E-state index in [0.717, 1.165) is 42.5 Å². The van der Waals surface area contributed by atoms with E-state index >= 15 is 0 Å². The van der Waals surface area contributed by atoms with E-state index in [2.05, 4.69) is 25.3 Å². The molecule has 0 unspecified atom stereocenters. The molecule has 8 nitrogen and oxygen atoms in total. The fourth-order valence-corrected chi connectivity index (χ4v) is 4.42. The van der Waals surface area contributed by atoms with E-state index in [4.69, 9.17) is 21.1 Å². The summed E-state index contributed by atoms with van der Waals surface area (Å²) in [4.78, 5) is 17.0. The zero-order valence-electron chi connectivity index (χ0n) is 17.9. The number of ether oxygens (including phenoxy) is 2. The van der Waals surface area contributed by atoms with E-state index < -0.39 is 0 Å². The van der Waals surface area contributed by atoms with Gasteiger partial charge in [0.15, 0.2) is 11.5 Å². The van der Waals surface area contributed by atoms with Crippen LogP contribution in [-0.2, 0) is 4.79 Å². The van der Waals surface area contributed by atoms with Gasteiger partial charge in [0.25, 0.3) is 0 Å². The van der Waals surface area contributed by atoms with Gasteiger partial charge in [-0.15, -0.1) is 10.2 Å². The Kier molecular flexibility index (Phi) is 7.09. The Morgan fingerprint density at radius 2 is 1.75 bits per heavy atom. The largest absolute Gasteiger partial charge is 0.493 e. The number of rotatable bonds is 7. The molecule has 2 heterocycles. The minimum atomic E-state index is -0.0973. The molecule has 1 aliphatic rings. The van der Waals surface area contributed by atoms with Crippen LogP contribution >= 0.6 is 22.9 Å². The van der Waals surface area contributed by atoms with Crippen LogP contribution in [0.4, 0.5) is 10.8 Å². The first-order valence-electron chi connectivity index (χ1n) is 10.1. The smallest absolute Gasteiger partial charge is 0.240 e. The number of methoxy groups -OCH3 is 2. The van der Waals surface area contributed by atoms with E-state index in [1.54, 1.807) is 14.2 Å². The highest BCUT2D eigenvalue weighted by Crippen LogP contribution is 2.34. The number of amides is 1. The van der Waals surface area contributed by atoms with Crippen LogP contribution in [0.1, 0.15) is 0 Å². The van der Waals surface area contributed by atoms with Gasteiger partial charge in [-0.05, 0) is 42.5 Å². The molecule has 3 aromatic rings. The molecule has 10 heteroatoms. The Balaban J connectivity index is 1.30. The van der Waals surface area contributed by atoms with Gasteiger partial charge in [-0.2, -0.15) is 0 Å². The summed E-state index contributed by atoms with van der Waals surface area (Å²) < 4.78 is 10.6. The predicted octanol–water partition coefficient (Wildman–Crippen LogP) is 3.64. The molecule has 0 aliphatic carbocycles. The van der Waals surface area contributed by atoms with Gasteiger partial charge in [0.1, 0.15) is 5.01 Å². The lowest BCUT2D eigenvalue weighted by Crippen LogP contribution is -2.48. The second kappa shape index (κ2) is 10.2. The van der Waals surface area contributed by atoms with Gasteiger partial charge in [-0.25, -0.2) is 0 Å². The summed E-state index contributed by atoms with van der Waals surface area (Å²) in [5, 5.41) is 13.1. The average molecular weight is 474 g/mol. The van der Waals surface area contributed by atoms with E-state index in [0.29, 0.717) is 28.2 Å². The van der Waals surface area contributed by atoms with Crippen molar-refractivity contribution in [1.82, 2.24) is 15.1 Å². The van der Waals surface area contributed by atoms with Crippen LogP contribution < -0.4 is 19.7 Å². The van der Waals surface area contributed by atoms with Gasteiger partial charge in [-0.3, -0.25) is 15.0 Å². The van der Waals surface area contributed by atoms with E-state index in [1.807, 2.05) is 42.5 Å². The Hall–Kier alpha value is -2.88. The molecule has 1 aliphatic heterocycles. The van der Waals surface area contributed by atoms with Crippen LogP contribution in [0.25, 0.3) is 10.6 Å². The van der Waals surface area contributed by atoms with Crippen molar-refractivity contribution >= 4 is 39.7 Å². The lowest BCUT2D eigenvalue weighted by Gasteiger charge is -2.35. The van der Waals surface area contributed by atoms with Crippen molar-refractivity contribution in [2.45, 2.75) is 0 Å². The van der Waals surface area contributed by atoms with Crippen molar-refractivity contribution in [3.8, 4) is 22.1 Å². The van der Waals surface area contributed by atoms with E-state index in [9.17, 15) is 4.79 Å². The molecule has 4 rings (SSSR count). The standard InChI is InChI=1S/C22H24ClN5O3S/c1-30-18-8-3-15(13-19(18)31-2)21-25-26-22(32-21)24-20(29)14-27-9-11-28(12-10-27)17-6-4-16(23)5-7-17/h3-8,13H,9-12,14H2,1-2H3,(H,24,26,29). The normalized spacial score (nSPS) is 14.3. The fourth-order valence-electron chi connectivity index (χ4n) is 3.54. The highest BCUT2D eigenvalue weighted by Gasteiger charge is 2.20. The van der Waals surface area contributed by atoms with Crippen LogP contribution in [0.3, 0.4) is 0 Å². The summed E-state index contributed by atoms with van der Waals surface area (Å²) >= 11 is 7.29. The van der Waals surface area contributed by atoms with Gasteiger partial charge in [0.05, 0.1) is 20.8 Å². The van der Waals surface area contributed by atoms with Crippen LogP contribution in [0.2, 0.25) is 5.02 Å². The van der Waals surface area contributed by atoms with Gasteiger partial charge in [0.2, 0.25) is 11.0 Å². The first-order valence-corrected chi connectivity index (χ1v) is 11.3. The molecule has 0 bridgehead atoms.